The van der Waals surface area contributed by atoms with Crippen LogP contribution in [0.1, 0.15) is 0 Å². The van der Waals surface area contributed by atoms with Crippen LogP contribution in [0.25, 0.3) is 84.1 Å². The molecule has 0 radical (unpaired) electrons. The Labute approximate surface area is 381 Å². The SMILES string of the molecule is c1ccc([Si](c2ccccc2)(c2ccccc2)c2ccccc2-c2cccc(-c3nc(-n4c5ccccc5c5ccccc54)nc(-n4c5ccccc5n5c6ccccc6nc45)n3)c2)cc1. The zero-order chi connectivity index (χ0) is 43.6. The maximum Gasteiger partial charge on any atom is 0.242 e. The monoisotopic (exact) mass is 861 g/mol. The summed E-state index contributed by atoms with van der Waals surface area (Å²) in [7, 11) is -2.89. The normalized spacial score (nSPS) is 11.9. The Kier molecular flexibility index (Phi) is 8.72. The first-order valence-electron chi connectivity index (χ1n) is 22.2. The van der Waals surface area contributed by atoms with Crippen molar-refractivity contribution >= 4 is 78.5 Å². The van der Waals surface area contributed by atoms with Crippen molar-refractivity contribution in [2.24, 2.45) is 0 Å². The smallest absolute Gasteiger partial charge is 0.242 e. The third-order valence-corrected chi connectivity index (χ3v) is 17.9. The first kappa shape index (κ1) is 37.8. The van der Waals surface area contributed by atoms with Crippen molar-refractivity contribution in [2.75, 3.05) is 0 Å². The third-order valence-electron chi connectivity index (χ3n) is 13.1. The molecule has 0 aliphatic rings. The maximum atomic E-state index is 5.42. The summed E-state index contributed by atoms with van der Waals surface area (Å²) < 4.78 is 6.45. The van der Waals surface area contributed by atoms with E-state index in [0.29, 0.717) is 17.7 Å². The molecule has 9 aromatic carbocycles. The summed E-state index contributed by atoms with van der Waals surface area (Å²) in [5.74, 6) is 2.29. The molecule has 0 saturated carbocycles. The molecular weight excluding hydrogens is 823 g/mol. The zero-order valence-corrected chi connectivity index (χ0v) is 36.6. The van der Waals surface area contributed by atoms with E-state index in [9.17, 15) is 0 Å². The van der Waals surface area contributed by atoms with Crippen LogP contribution in [0.2, 0.25) is 0 Å². The van der Waals surface area contributed by atoms with Gasteiger partial charge in [-0.15, -0.1) is 0 Å². The van der Waals surface area contributed by atoms with Gasteiger partial charge in [-0.3, -0.25) is 8.97 Å². The molecule has 66 heavy (non-hydrogen) atoms. The Morgan fingerprint density at radius 1 is 0.333 bits per heavy atom. The second-order valence-corrected chi connectivity index (χ2v) is 20.4. The lowest BCUT2D eigenvalue weighted by Gasteiger charge is -2.36. The van der Waals surface area contributed by atoms with E-state index < -0.39 is 8.07 Å². The zero-order valence-electron chi connectivity index (χ0n) is 35.6. The second kappa shape index (κ2) is 15.2. The van der Waals surface area contributed by atoms with E-state index in [1.807, 2.05) is 6.07 Å². The van der Waals surface area contributed by atoms with Crippen LogP contribution in [0.15, 0.2) is 237 Å². The molecular formula is C58H39N7Si. The Balaban J connectivity index is 1.08. The Morgan fingerprint density at radius 3 is 1.45 bits per heavy atom. The predicted octanol–water partition coefficient (Wildman–Crippen LogP) is 10.4. The summed E-state index contributed by atoms with van der Waals surface area (Å²) in [6.07, 6.45) is 0. The van der Waals surface area contributed by atoms with Gasteiger partial charge in [0.05, 0.1) is 33.1 Å². The molecule has 13 rings (SSSR count). The van der Waals surface area contributed by atoms with Crippen LogP contribution >= 0.6 is 0 Å². The minimum Gasteiger partial charge on any atom is -0.278 e. The Hall–Kier alpha value is -8.72. The van der Waals surface area contributed by atoms with Crippen molar-refractivity contribution in [3.05, 3.63) is 237 Å². The molecule has 0 aliphatic carbocycles. The Bertz CT molecular complexity index is 3800. The molecule has 0 N–H and O–H groups in total. The number of aromatic nitrogens is 7. The largest absolute Gasteiger partial charge is 0.278 e. The summed E-state index contributed by atoms with van der Waals surface area (Å²) in [5, 5.41) is 7.53. The van der Waals surface area contributed by atoms with Crippen LogP contribution in [0.3, 0.4) is 0 Å². The minimum atomic E-state index is -2.89. The number of benzene rings is 9. The quantitative estimate of drug-likeness (QED) is 0.113. The maximum absolute atomic E-state index is 5.42. The van der Waals surface area contributed by atoms with E-state index in [1.165, 1.54) is 26.3 Å². The van der Waals surface area contributed by atoms with Gasteiger partial charge in [-0.2, -0.15) is 15.0 Å². The molecule has 0 amide bonds. The van der Waals surface area contributed by atoms with Gasteiger partial charge in [0.25, 0.3) is 0 Å². The van der Waals surface area contributed by atoms with Crippen LogP contribution in [0.5, 0.6) is 0 Å². The van der Waals surface area contributed by atoms with Gasteiger partial charge in [-0.05, 0) is 74.3 Å². The third kappa shape index (κ3) is 5.75. The molecule has 0 atom stereocenters. The number of para-hydroxylation sites is 6. The highest BCUT2D eigenvalue weighted by Gasteiger charge is 2.42. The van der Waals surface area contributed by atoms with Crippen LogP contribution < -0.4 is 20.7 Å². The molecule has 0 unspecified atom stereocenters. The van der Waals surface area contributed by atoms with Crippen molar-refractivity contribution in [2.45, 2.75) is 0 Å². The van der Waals surface area contributed by atoms with E-state index in [4.69, 9.17) is 19.9 Å². The summed E-state index contributed by atoms with van der Waals surface area (Å²) in [6, 6.07) is 84.5. The molecule has 0 saturated heterocycles. The van der Waals surface area contributed by atoms with Crippen molar-refractivity contribution in [3.63, 3.8) is 0 Å². The molecule has 4 heterocycles. The van der Waals surface area contributed by atoms with Crippen molar-refractivity contribution in [1.82, 2.24) is 33.5 Å². The van der Waals surface area contributed by atoms with Gasteiger partial charge >= 0.3 is 0 Å². The van der Waals surface area contributed by atoms with E-state index in [0.717, 1.165) is 60.8 Å². The molecule has 13 aromatic rings. The highest BCUT2D eigenvalue weighted by molar-refractivity contribution is 7.20. The molecule has 0 bridgehead atoms. The van der Waals surface area contributed by atoms with E-state index >= 15 is 0 Å². The molecule has 8 heteroatoms. The predicted molar refractivity (Wildman–Crippen MR) is 272 cm³/mol. The summed E-state index contributed by atoms with van der Waals surface area (Å²) in [6.45, 7) is 0. The topological polar surface area (TPSA) is 65.8 Å². The van der Waals surface area contributed by atoms with E-state index in [2.05, 4.69) is 244 Å². The molecule has 0 spiro atoms. The van der Waals surface area contributed by atoms with Crippen molar-refractivity contribution in [3.8, 4) is 34.4 Å². The fraction of sp³-hybridized carbons (Fsp3) is 0. The van der Waals surface area contributed by atoms with Gasteiger partial charge in [0.15, 0.2) is 13.9 Å². The lowest BCUT2D eigenvalue weighted by atomic mass is 10.0. The standard InChI is InChI=1S/C58H39N7Si/c1-4-23-42(24-5-1)66(43-25-6-2-7-26-43,44-27-8-3-9-28-44)54-38-19-12-29-45(54)40-21-20-22-41(39-40)55-60-56(63-49-33-14-10-30-46(49)47-31-11-15-34-50(47)63)62-57(61-55)65-53-37-18-17-36-52(53)64-51-35-16-13-32-48(51)59-58(64)65/h1-39H. The van der Waals surface area contributed by atoms with Gasteiger partial charge in [0, 0.05) is 16.3 Å². The lowest BCUT2D eigenvalue weighted by molar-refractivity contribution is 0.885. The highest BCUT2D eigenvalue weighted by atomic mass is 28.3. The number of hydrogen-bond donors (Lipinski definition) is 0. The fourth-order valence-electron chi connectivity index (χ4n) is 10.3. The molecule has 0 aliphatic heterocycles. The molecule has 7 nitrogen and oxygen atoms in total. The van der Waals surface area contributed by atoms with Crippen LogP contribution in [-0.2, 0) is 0 Å². The second-order valence-electron chi connectivity index (χ2n) is 16.7. The minimum absolute atomic E-state index is 0.479. The van der Waals surface area contributed by atoms with Gasteiger partial charge in [0.1, 0.15) is 0 Å². The lowest BCUT2D eigenvalue weighted by Crippen LogP contribution is -2.75. The fourth-order valence-corrected chi connectivity index (χ4v) is 15.3. The number of rotatable bonds is 8. The van der Waals surface area contributed by atoms with E-state index in [-0.39, 0.29) is 0 Å². The van der Waals surface area contributed by atoms with Gasteiger partial charge < -0.3 is 0 Å². The van der Waals surface area contributed by atoms with Crippen molar-refractivity contribution in [1.29, 1.82) is 0 Å². The summed E-state index contributed by atoms with van der Waals surface area (Å²) in [5.41, 5.74) is 9.04. The Morgan fingerprint density at radius 2 is 0.818 bits per heavy atom. The molecule has 0 fully saturated rings. The van der Waals surface area contributed by atoms with Crippen molar-refractivity contribution < 1.29 is 0 Å². The highest BCUT2D eigenvalue weighted by Crippen LogP contribution is 2.34. The first-order chi connectivity index (χ1) is 32.8. The number of nitrogens with zero attached hydrogens (tertiary/aromatic N) is 7. The van der Waals surface area contributed by atoms with Crippen LogP contribution in [0.4, 0.5) is 0 Å². The first-order valence-corrected chi connectivity index (χ1v) is 24.2. The van der Waals surface area contributed by atoms with Crippen LogP contribution in [0, 0.1) is 0 Å². The van der Waals surface area contributed by atoms with Gasteiger partial charge in [0.2, 0.25) is 17.7 Å². The molecule has 310 valence electrons. The molecule has 4 aromatic heterocycles. The van der Waals surface area contributed by atoms with Gasteiger partial charge in [-0.1, -0.05) is 194 Å². The van der Waals surface area contributed by atoms with Crippen LogP contribution in [-0.4, -0.2) is 41.5 Å². The average molecular weight is 862 g/mol. The van der Waals surface area contributed by atoms with E-state index in [1.54, 1.807) is 0 Å². The summed E-state index contributed by atoms with van der Waals surface area (Å²) >= 11 is 0. The number of hydrogen-bond acceptors (Lipinski definition) is 4. The number of fused-ring (bicyclic) bond motifs is 8. The number of imidazole rings is 2. The van der Waals surface area contributed by atoms with Gasteiger partial charge in [-0.25, -0.2) is 9.55 Å². The summed E-state index contributed by atoms with van der Waals surface area (Å²) in [4.78, 5) is 21.4. The average Bonchev–Trinajstić information content (AvgIpc) is 4.05.